The van der Waals surface area contributed by atoms with E-state index in [1.54, 1.807) is 18.2 Å². The summed E-state index contributed by atoms with van der Waals surface area (Å²) in [5.41, 5.74) is -0.451. The van der Waals surface area contributed by atoms with Gasteiger partial charge in [-0.1, -0.05) is 18.2 Å². The number of cyclic esters (lactones) is 6. The topological polar surface area (TPSA) is 335 Å². The van der Waals surface area contributed by atoms with E-state index in [0.717, 1.165) is 30.4 Å². The highest BCUT2D eigenvalue weighted by Gasteiger charge is 2.44. The second kappa shape index (κ2) is 22.4. The van der Waals surface area contributed by atoms with Gasteiger partial charge >= 0.3 is 53.7 Å². The predicted molar refractivity (Wildman–Crippen MR) is 234 cm³/mol. The number of esters is 6. The maximum atomic E-state index is 13.2. The maximum absolute atomic E-state index is 13.2. The molecule has 0 aromatic heterocycles. The summed E-state index contributed by atoms with van der Waals surface area (Å²) in [6.45, 7) is 8.57. The largest absolute Gasteiger partial charge is 0.481 e. The lowest BCUT2D eigenvalue weighted by molar-refractivity contribution is -0.224. The van der Waals surface area contributed by atoms with Crippen LogP contribution in [0.4, 0.5) is 0 Å². The zero-order valence-electron chi connectivity index (χ0n) is 37.1. The van der Waals surface area contributed by atoms with E-state index in [2.05, 4.69) is 21.3 Å². The number of aliphatic carboxylic acids is 3. The second-order valence-electron chi connectivity index (χ2n) is 15.8. The molecule has 0 saturated carbocycles. The standard InChI is InChI=1S/C41H48N4O19S3/c1-19(46)45-23(32(51)52)18-67-31(28-37(57)63-41(6,7)64-38(28)58)44-17-22-13-20(15-42-29(65-10-8-24(47)48)26-33(53)59-39(2,3)60-34(26)54)12-21(14-22)16-43-30(66-11-9-25(49)50)27-35(55)61-40(4,5)62-36(27)56/h12-14,23,42-44H,8-11,15-18H2,1-7H3,(H,45,46)(H,47,48)(H,49,50)(H,51,52). The number of thioether (sulfide) groups is 3. The monoisotopic (exact) mass is 996 g/mol. The molecule has 1 atom stereocenters. The minimum absolute atomic E-state index is 0.0816. The first-order valence-electron chi connectivity index (χ1n) is 19.9. The summed E-state index contributed by atoms with van der Waals surface area (Å²) in [6, 6.07) is 3.37. The fourth-order valence-electron chi connectivity index (χ4n) is 5.91. The van der Waals surface area contributed by atoms with Crippen LogP contribution in [-0.4, -0.2) is 116 Å². The predicted octanol–water partition coefficient (Wildman–Crippen LogP) is 1.84. The van der Waals surface area contributed by atoms with Gasteiger partial charge in [-0.2, -0.15) is 0 Å². The number of hydrogen-bond acceptors (Lipinski definition) is 22. The van der Waals surface area contributed by atoms with Gasteiger partial charge in [-0.15, -0.1) is 35.3 Å². The molecule has 3 aliphatic heterocycles. The van der Waals surface area contributed by atoms with Crippen LogP contribution in [0, 0.1) is 0 Å². The third kappa shape index (κ3) is 15.9. The SMILES string of the molecule is CC(=O)NC(CSC(NCc1cc(CNC(SCCC(=O)O)=C2C(=O)OC(C)(C)OC2=O)cc(CNC(SCCC(=O)O)=C2C(=O)OC(C)(C)OC2=O)c1)=C1C(=O)OC(C)(C)OC1=O)C(=O)O. The van der Waals surface area contributed by atoms with Crippen LogP contribution in [-0.2, 0) is 96.0 Å². The van der Waals surface area contributed by atoms with E-state index in [4.69, 9.17) is 28.4 Å². The average Bonchev–Trinajstić information content (AvgIpc) is 3.16. The molecule has 7 N–H and O–H groups in total. The minimum Gasteiger partial charge on any atom is -0.481 e. The summed E-state index contributed by atoms with van der Waals surface area (Å²) < 4.78 is 31.6. The summed E-state index contributed by atoms with van der Waals surface area (Å²) in [5, 5.41) is 39.2. The number of amides is 1. The Morgan fingerprint density at radius 2 is 0.806 bits per heavy atom. The molecular formula is C41H48N4O19S3. The molecular weight excluding hydrogens is 949 g/mol. The van der Waals surface area contributed by atoms with Gasteiger partial charge in [0.05, 0.1) is 27.9 Å². The van der Waals surface area contributed by atoms with Crippen LogP contribution >= 0.6 is 35.3 Å². The third-order valence-electron chi connectivity index (χ3n) is 8.60. The fraction of sp³-hybridized carbons (Fsp3) is 0.463. The molecule has 3 saturated heterocycles. The number of hydrogen-bond donors (Lipinski definition) is 7. The van der Waals surface area contributed by atoms with Gasteiger partial charge in [0.1, 0.15) is 6.04 Å². The molecule has 3 heterocycles. The van der Waals surface area contributed by atoms with Crippen molar-refractivity contribution in [2.45, 2.75) is 104 Å². The summed E-state index contributed by atoms with van der Waals surface area (Å²) in [6.07, 6.45) is -0.716. The number of carboxylic acid groups (broad SMARTS) is 3. The Kier molecular flexibility index (Phi) is 17.8. The zero-order chi connectivity index (χ0) is 50.0. The van der Waals surface area contributed by atoms with Crippen molar-refractivity contribution in [2.75, 3.05) is 17.3 Å². The normalized spacial score (nSPS) is 17.6. The van der Waals surface area contributed by atoms with Crippen LogP contribution in [0.2, 0.25) is 0 Å². The fourth-order valence-corrected chi connectivity index (χ4v) is 8.89. The maximum Gasteiger partial charge on any atom is 0.351 e. The van der Waals surface area contributed by atoms with Crippen LogP contribution in [0.25, 0.3) is 0 Å². The van der Waals surface area contributed by atoms with Crippen LogP contribution in [0.1, 0.15) is 78.0 Å². The molecule has 0 spiro atoms. The highest BCUT2D eigenvalue weighted by molar-refractivity contribution is 8.03. The Hall–Kier alpha value is -6.41. The molecule has 1 aromatic rings. The number of nitrogens with one attached hydrogen (secondary N) is 4. The van der Waals surface area contributed by atoms with E-state index >= 15 is 0 Å². The van der Waals surface area contributed by atoms with Crippen LogP contribution in [0.5, 0.6) is 0 Å². The molecule has 0 aliphatic carbocycles. The highest BCUT2D eigenvalue weighted by atomic mass is 32.2. The molecule has 67 heavy (non-hydrogen) atoms. The van der Waals surface area contributed by atoms with Crippen molar-refractivity contribution in [1.82, 2.24) is 21.3 Å². The Balaban J connectivity index is 1.79. The van der Waals surface area contributed by atoms with Crippen LogP contribution < -0.4 is 21.3 Å². The molecule has 4 rings (SSSR count). The van der Waals surface area contributed by atoms with Crippen molar-refractivity contribution in [3.8, 4) is 0 Å². The Morgan fingerprint density at radius 3 is 1.06 bits per heavy atom. The first-order valence-corrected chi connectivity index (χ1v) is 22.9. The van der Waals surface area contributed by atoms with Crippen molar-refractivity contribution in [1.29, 1.82) is 0 Å². The van der Waals surface area contributed by atoms with Gasteiger partial charge in [-0.25, -0.2) is 33.6 Å². The molecule has 0 bridgehead atoms. The van der Waals surface area contributed by atoms with Gasteiger partial charge in [0.15, 0.2) is 16.7 Å². The number of carbonyl (C=O) groups excluding carboxylic acids is 7. The van der Waals surface area contributed by atoms with Gasteiger partial charge in [0.2, 0.25) is 5.91 Å². The van der Waals surface area contributed by atoms with Gasteiger partial charge in [0, 0.05) is 85.4 Å². The number of carboxylic acids is 3. The lowest BCUT2D eigenvalue weighted by Gasteiger charge is -2.31. The van der Waals surface area contributed by atoms with E-state index in [9.17, 15) is 63.3 Å². The van der Waals surface area contributed by atoms with E-state index in [1.165, 1.54) is 41.5 Å². The van der Waals surface area contributed by atoms with Crippen molar-refractivity contribution in [2.24, 2.45) is 0 Å². The molecule has 1 unspecified atom stereocenters. The molecule has 0 radical (unpaired) electrons. The summed E-state index contributed by atoms with van der Waals surface area (Å²) in [5.74, 6) is -16.1. The lowest BCUT2D eigenvalue weighted by atomic mass is 10.0. The van der Waals surface area contributed by atoms with Crippen LogP contribution in [0.3, 0.4) is 0 Å². The molecule has 3 fully saturated rings. The molecule has 364 valence electrons. The second-order valence-corrected chi connectivity index (χ2v) is 19.0. The highest BCUT2D eigenvalue weighted by Crippen LogP contribution is 2.32. The number of benzene rings is 1. The summed E-state index contributed by atoms with van der Waals surface area (Å²) in [7, 11) is 0. The van der Waals surface area contributed by atoms with Crippen molar-refractivity contribution >= 4 is 94.9 Å². The summed E-state index contributed by atoms with van der Waals surface area (Å²) >= 11 is 2.36. The smallest absolute Gasteiger partial charge is 0.351 e. The lowest BCUT2D eigenvalue weighted by Crippen LogP contribution is -2.44. The summed E-state index contributed by atoms with van der Waals surface area (Å²) in [4.78, 5) is 125. The Labute approximate surface area is 394 Å². The van der Waals surface area contributed by atoms with Gasteiger partial charge in [0.25, 0.3) is 17.4 Å². The van der Waals surface area contributed by atoms with Crippen LogP contribution in [0.15, 0.2) is 50.0 Å². The Morgan fingerprint density at radius 1 is 0.522 bits per heavy atom. The van der Waals surface area contributed by atoms with Gasteiger partial charge in [-0.05, 0) is 16.7 Å². The first-order chi connectivity index (χ1) is 31.2. The van der Waals surface area contributed by atoms with E-state index in [1.807, 2.05) is 0 Å². The third-order valence-corrected chi connectivity index (χ3v) is 11.8. The average molecular weight is 997 g/mol. The minimum atomic E-state index is -1.64. The molecule has 1 amide bonds. The van der Waals surface area contributed by atoms with Crippen molar-refractivity contribution in [3.05, 3.63) is 66.7 Å². The number of carbonyl (C=O) groups is 10. The molecule has 3 aliphatic rings. The van der Waals surface area contributed by atoms with Gasteiger partial charge in [-0.3, -0.25) is 14.4 Å². The first kappa shape index (κ1) is 53.2. The number of rotatable bonds is 22. The van der Waals surface area contributed by atoms with E-state index < -0.39 is 99.8 Å². The molecule has 23 nitrogen and oxygen atoms in total. The van der Waals surface area contributed by atoms with E-state index in [-0.39, 0.29) is 64.8 Å². The quantitative estimate of drug-likeness (QED) is 0.0377. The van der Waals surface area contributed by atoms with Crippen molar-refractivity contribution in [3.63, 3.8) is 0 Å². The van der Waals surface area contributed by atoms with Gasteiger partial charge < -0.3 is 65.0 Å². The Bertz CT molecular complexity index is 2170. The number of ether oxygens (including phenoxy) is 6. The molecule has 1 aromatic carbocycles. The zero-order valence-corrected chi connectivity index (χ0v) is 39.5. The van der Waals surface area contributed by atoms with E-state index in [0.29, 0.717) is 28.5 Å². The van der Waals surface area contributed by atoms with Crippen molar-refractivity contribution < 1.29 is 91.7 Å². The molecule has 26 heteroatoms.